The van der Waals surface area contributed by atoms with Crippen LogP contribution in [-0.2, 0) is 6.18 Å². The molecule has 1 aromatic carbocycles. The van der Waals surface area contributed by atoms with Gasteiger partial charge in [0.25, 0.3) is 0 Å². The average Bonchev–Trinajstić information content (AvgIpc) is 2.55. The van der Waals surface area contributed by atoms with Crippen LogP contribution in [0.1, 0.15) is 43.2 Å². The monoisotopic (exact) mass is 421 g/mol. The van der Waals surface area contributed by atoms with Crippen molar-refractivity contribution in [3.05, 3.63) is 41.5 Å². The van der Waals surface area contributed by atoms with Crippen molar-refractivity contribution in [2.75, 3.05) is 8.86 Å². The Morgan fingerprint density at radius 1 is 0.909 bits per heavy atom. The van der Waals surface area contributed by atoms with Crippen LogP contribution in [0.3, 0.4) is 0 Å². The van der Waals surface area contributed by atoms with Crippen molar-refractivity contribution in [3.8, 4) is 0 Å². The predicted octanol–water partition coefficient (Wildman–Crippen LogP) is 2.39. The molecule has 0 radical (unpaired) electrons. The summed E-state index contributed by atoms with van der Waals surface area (Å²) in [4.78, 5) is 0. The molecule has 1 saturated heterocycles. The first-order chi connectivity index (χ1) is 10.5. The van der Waals surface area contributed by atoms with E-state index in [2.05, 4.69) is 6.08 Å². The van der Waals surface area contributed by atoms with Crippen molar-refractivity contribution in [1.29, 1.82) is 0 Å². The first-order valence-electron chi connectivity index (χ1n) is 7.94. The van der Waals surface area contributed by atoms with Crippen LogP contribution in [0.5, 0.6) is 0 Å². The molecular weight excluding hydrogens is 400 g/mol. The van der Waals surface area contributed by atoms with Gasteiger partial charge < -0.3 is 0 Å². The van der Waals surface area contributed by atoms with Crippen molar-refractivity contribution in [1.82, 2.24) is 0 Å². The molecule has 4 heteroatoms. The van der Waals surface area contributed by atoms with Crippen LogP contribution in [-0.4, -0.2) is 8.86 Å². The normalized spacial score (nSPS) is 24.5. The molecule has 1 aromatic rings. The molecule has 0 nitrogen and oxygen atoms in total. The van der Waals surface area contributed by atoms with E-state index in [0.717, 1.165) is 30.2 Å². The van der Waals surface area contributed by atoms with Gasteiger partial charge in [-0.25, -0.2) is 0 Å². The first-order valence-corrected chi connectivity index (χ1v) is 11.0. The number of halogens is 4. The van der Waals surface area contributed by atoms with E-state index in [-0.39, 0.29) is 0 Å². The number of alkyl halides is 5. The van der Waals surface area contributed by atoms with E-state index in [1.54, 1.807) is 12.1 Å². The topological polar surface area (TPSA) is 0 Å². The van der Waals surface area contributed by atoms with Crippen LogP contribution in [0.25, 0.3) is 5.57 Å². The number of allylic oxidation sites excluding steroid dienone is 2. The molecular formula is C18H21F3I-. The maximum absolute atomic E-state index is 12.6. The second kappa shape index (κ2) is 6.93. The van der Waals surface area contributed by atoms with Gasteiger partial charge in [0.05, 0.1) is 0 Å². The van der Waals surface area contributed by atoms with Crippen LogP contribution in [0, 0.1) is 11.8 Å². The third kappa shape index (κ3) is 3.87. The summed E-state index contributed by atoms with van der Waals surface area (Å²) in [6, 6.07) is 5.65. The third-order valence-corrected chi connectivity index (χ3v) is 7.70. The molecule has 0 amide bonds. The maximum atomic E-state index is 12.6. The standard InChI is InChI=1S/C18H21F3I/c19-18(20,21)17-7-5-15(6-8-17)13-1-3-14(4-2-13)16-9-11-22-12-10-16/h1,5-8,14,16H,2-4,9-12H2/q-1. The fourth-order valence-corrected chi connectivity index (χ4v) is 6.58. The van der Waals surface area contributed by atoms with E-state index in [0.29, 0.717) is 21.2 Å². The Balaban J connectivity index is 1.65. The SMILES string of the molecule is FC(F)(F)c1ccc(C2=CCC(C3CC[I-]CC3)CC2)cc1. The Morgan fingerprint density at radius 2 is 1.59 bits per heavy atom. The molecule has 0 spiro atoms. The average molecular weight is 421 g/mol. The Morgan fingerprint density at radius 3 is 2.14 bits per heavy atom. The number of hydrogen-bond acceptors (Lipinski definition) is 0. The molecule has 1 atom stereocenters. The molecule has 1 heterocycles. The molecule has 1 fully saturated rings. The zero-order valence-electron chi connectivity index (χ0n) is 12.5. The summed E-state index contributed by atoms with van der Waals surface area (Å²) >= 11 is 0.499. The van der Waals surface area contributed by atoms with Gasteiger partial charge in [-0.1, -0.05) is 0 Å². The van der Waals surface area contributed by atoms with Crippen LogP contribution in [0.15, 0.2) is 30.3 Å². The molecule has 1 aliphatic carbocycles. The summed E-state index contributed by atoms with van der Waals surface area (Å²) < 4.78 is 40.8. The van der Waals surface area contributed by atoms with Gasteiger partial charge in [-0.15, -0.1) is 0 Å². The Labute approximate surface area is 140 Å². The Bertz CT molecular complexity index is 524. The number of rotatable bonds is 2. The van der Waals surface area contributed by atoms with Gasteiger partial charge in [-0.05, 0) is 0 Å². The predicted molar refractivity (Wildman–Crippen MR) is 79.2 cm³/mol. The van der Waals surface area contributed by atoms with Crippen molar-refractivity contribution >= 4 is 5.57 Å². The van der Waals surface area contributed by atoms with Crippen molar-refractivity contribution in [3.63, 3.8) is 0 Å². The summed E-state index contributed by atoms with van der Waals surface area (Å²) in [6.45, 7) is 0. The summed E-state index contributed by atoms with van der Waals surface area (Å²) in [7, 11) is 0. The molecule has 22 heavy (non-hydrogen) atoms. The quantitative estimate of drug-likeness (QED) is 0.509. The van der Waals surface area contributed by atoms with Crippen LogP contribution < -0.4 is 21.2 Å². The molecule has 0 saturated carbocycles. The van der Waals surface area contributed by atoms with Gasteiger partial charge in [0.1, 0.15) is 0 Å². The van der Waals surface area contributed by atoms with Crippen molar-refractivity contribution < 1.29 is 34.4 Å². The number of benzene rings is 1. The number of hydrogen-bond donors (Lipinski definition) is 0. The fraction of sp³-hybridized carbons (Fsp3) is 0.556. The van der Waals surface area contributed by atoms with Gasteiger partial charge in [0.15, 0.2) is 0 Å². The van der Waals surface area contributed by atoms with Crippen molar-refractivity contribution in [2.24, 2.45) is 11.8 Å². The van der Waals surface area contributed by atoms with Crippen molar-refractivity contribution in [2.45, 2.75) is 38.3 Å². The van der Waals surface area contributed by atoms with Gasteiger partial charge >= 0.3 is 127 Å². The molecule has 0 N–H and O–H groups in total. The Hall–Kier alpha value is -0.520. The van der Waals surface area contributed by atoms with Crippen LogP contribution in [0.4, 0.5) is 13.2 Å². The summed E-state index contributed by atoms with van der Waals surface area (Å²) in [5.74, 6) is 1.71. The van der Waals surface area contributed by atoms with Gasteiger partial charge in [0, 0.05) is 0 Å². The summed E-state index contributed by atoms with van der Waals surface area (Å²) in [6.07, 6.45) is 4.20. The summed E-state index contributed by atoms with van der Waals surface area (Å²) in [5, 5.41) is 0. The summed E-state index contributed by atoms with van der Waals surface area (Å²) in [5.41, 5.74) is 1.63. The molecule has 2 aliphatic rings. The second-order valence-electron chi connectivity index (χ2n) is 6.24. The van der Waals surface area contributed by atoms with E-state index in [1.807, 2.05) is 0 Å². The van der Waals surface area contributed by atoms with Gasteiger partial charge in [-0.3, -0.25) is 0 Å². The Kier molecular flexibility index (Phi) is 5.15. The minimum atomic E-state index is -4.24. The molecule has 3 rings (SSSR count). The van der Waals surface area contributed by atoms with Gasteiger partial charge in [0.2, 0.25) is 0 Å². The zero-order valence-corrected chi connectivity index (χ0v) is 14.7. The zero-order chi connectivity index (χ0) is 15.6. The molecule has 0 bridgehead atoms. The second-order valence-corrected chi connectivity index (χ2v) is 9.48. The van der Waals surface area contributed by atoms with E-state index in [1.165, 1.54) is 45.8 Å². The van der Waals surface area contributed by atoms with E-state index >= 15 is 0 Å². The van der Waals surface area contributed by atoms with Gasteiger partial charge in [-0.2, -0.15) is 13.2 Å². The molecule has 122 valence electrons. The van der Waals surface area contributed by atoms with Crippen LogP contribution >= 0.6 is 0 Å². The first kappa shape index (κ1) is 16.3. The van der Waals surface area contributed by atoms with E-state index < -0.39 is 11.7 Å². The third-order valence-electron chi connectivity index (χ3n) is 4.93. The van der Waals surface area contributed by atoms with Crippen LogP contribution in [0.2, 0.25) is 0 Å². The molecule has 0 aromatic heterocycles. The molecule has 1 unspecified atom stereocenters. The van der Waals surface area contributed by atoms with E-state index in [4.69, 9.17) is 0 Å². The van der Waals surface area contributed by atoms with E-state index in [9.17, 15) is 13.2 Å². The molecule has 1 aliphatic heterocycles. The minimum absolute atomic E-state index is 0.499. The fourth-order valence-electron chi connectivity index (χ4n) is 3.56.